The fourth-order valence-corrected chi connectivity index (χ4v) is 4.71. The minimum absolute atomic E-state index is 0. The molecule has 0 atom stereocenters. The number of carboxylic acid groups (broad SMARTS) is 2. The number of hydrogen-bond donors (Lipinski definition) is 5. The summed E-state index contributed by atoms with van der Waals surface area (Å²) in [6.07, 6.45) is -1.02. The molecule has 0 heterocycles. The van der Waals surface area contributed by atoms with Crippen molar-refractivity contribution >= 4 is 70.3 Å². The van der Waals surface area contributed by atoms with Crippen LogP contribution in [0.2, 0.25) is 0 Å². The number of rotatable bonds is 32. The lowest BCUT2D eigenvalue weighted by Gasteiger charge is -2.20. The number of aliphatic carboxylic acids is 2. The number of hydrogen-bond acceptors (Lipinski definition) is 13. The molecule has 19 nitrogen and oxygen atoms in total. The van der Waals surface area contributed by atoms with Gasteiger partial charge in [0.1, 0.15) is 30.4 Å². The summed E-state index contributed by atoms with van der Waals surface area (Å²) in [5.74, 6) is -7.01. The Morgan fingerprint density at radius 2 is 0.844 bits per heavy atom. The van der Waals surface area contributed by atoms with Crippen molar-refractivity contribution in [2.45, 2.75) is 155 Å². The van der Waals surface area contributed by atoms with Crippen LogP contribution in [0.15, 0.2) is 0 Å². The fourth-order valence-electron chi connectivity index (χ4n) is 4.71. The quantitative estimate of drug-likeness (QED) is 0.0599. The van der Waals surface area contributed by atoms with E-state index in [1.165, 1.54) is 0 Å². The standard InChI is InChI=1S/C30H46N4O12.C11H21NO2.4CH4/c1-19(2)25(39)12-26(40)32-14-22(36)9-11-28(42)34(18-30(45)46)16-24(38)7-5-6-23(37)15-33(17-29(43)44)27(41)10-8-21(35)13-31-20(3)4;1-8(2)5-6-12-11(14)7-10(13)9(3)4;;;;/h19-20,31H,5-18H2,1-4H3,(H,32,40)(H,43,44)(H,45,46);8-9H,5-7H2,1-4H3,(H,12,14);4*1H4. The molecule has 19 heteroatoms. The Labute approximate surface area is 382 Å². The third kappa shape index (κ3) is 39.6. The second-order valence-electron chi connectivity index (χ2n) is 15.7. The van der Waals surface area contributed by atoms with Crippen LogP contribution in [0.25, 0.3) is 0 Å². The predicted molar refractivity (Wildman–Crippen MR) is 245 cm³/mol. The molecule has 0 aromatic carbocycles. The highest BCUT2D eigenvalue weighted by molar-refractivity contribution is 6.00. The van der Waals surface area contributed by atoms with Crippen molar-refractivity contribution < 1.29 is 67.7 Å². The van der Waals surface area contributed by atoms with E-state index < -0.39 is 86.2 Å². The number of ketones is 6. The highest BCUT2D eigenvalue weighted by Gasteiger charge is 2.23. The summed E-state index contributed by atoms with van der Waals surface area (Å²) in [5.41, 5.74) is 0. The zero-order valence-electron chi connectivity index (χ0n) is 36.5. The van der Waals surface area contributed by atoms with Gasteiger partial charge in [0.15, 0.2) is 17.3 Å². The van der Waals surface area contributed by atoms with Gasteiger partial charge in [-0.3, -0.25) is 57.5 Å². The van der Waals surface area contributed by atoms with Gasteiger partial charge < -0.3 is 36.0 Å². The molecule has 372 valence electrons. The predicted octanol–water partition coefficient (Wildman–Crippen LogP) is 3.86. The van der Waals surface area contributed by atoms with Gasteiger partial charge in [0.05, 0.1) is 39.0 Å². The van der Waals surface area contributed by atoms with E-state index in [1.54, 1.807) is 13.8 Å². The molecule has 0 aromatic heterocycles. The lowest BCUT2D eigenvalue weighted by Crippen LogP contribution is -2.40. The summed E-state index contributed by atoms with van der Waals surface area (Å²) < 4.78 is 0. The van der Waals surface area contributed by atoms with E-state index in [0.29, 0.717) is 12.5 Å². The maximum Gasteiger partial charge on any atom is 0.323 e. The van der Waals surface area contributed by atoms with Gasteiger partial charge in [-0.25, -0.2) is 0 Å². The molecule has 0 rings (SSSR count). The third-order valence-electron chi connectivity index (χ3n) is 8.43. The summed E-state index contributed by atoms with van der Waals surface area (Å²) >= 11 is 0. The molecule has 0 fully saturated rings. The second kappa shape index (κ2) is 39.4. The van der Waals surface area contributed by atoms with Gasteiger partial charge in [0, 0.05) is 62.9 Å². The van der Waals surface area contributed by atoms with Crippen LogP contribution >= 0.6 is 0 Å². The molecule has 0 saturated heterocycles. The summed E-state index contributed by atoms with van der Waals surface area (Å²) in [6.45, 7) is 12.4. The lowest BCUT2D eigenvalue weighted by atomic mass is 10.1. The number of amides is 4. The lowest BCUT2D eigenvalue weighted by molar-refractivity contribution is -0.146. The topological polar surface area (TPSA) is 288 Å². The van der Waals surface area contributed by atoms with E-state index in [2.05, 4.69) is 29.8 Å². The highest BCUT2D eigenvalue weighted by Crippen LogP contribution is 2.07. The first kappa shape index (κ1) is 70.5. The average Bonchev–Trinajstić information content (AvgIpc) is 3.13. The van der Waals surface area contributed by atoms with Crippen molar-refractivity contribution in [3.8, 4) is 0 Å². The normalized spacial score (nSPS) is 10.1. The van der Waals surface area contributed by atoms with Gasteiger partial charge in [-0.05, 0) is 18.8 Å². The molecule has 0 unspecified atom stereocenters. The van der Waals surface area contributed by atoms with Crippen molar-refractivity contribution in [1.82, 2.24) is 25.8 Å². The summed E-state index contributed by atoms with van der Waals surface area (Å²) in [4.78, 5) is 144. The summed E-state index contributed by atoms with van der Waals surface area (Å²) in [7, 11) is 0. The molecule has 0 aliphatic rings. The van der Waals surface area contributed by atoms with E-state index in [4.69, 9.17) is 10.2 Å². The molecule has 0 bridgehead atoms. The van der Waals surface area contributed by atoms with E-state index in [9.17, 15) is 57.5 Å². The molecule has 0 spiro atoms. The van der Waals surface area contributed by atoms with Crippen molar-refractivity contribution in [3.63, 3.8) is 0 Å². The molecule has 0 aromatic rings. The van der Waals surface area contributed by atoms with E-state index >= 15 is 0 Å². The Balaban J connectivity index is -0.000000400. The largest absolute Gasteiger partial charge is 0.480 e. The summed E-state index contributed by atoms with van der Waals surface area (Å²) in [5, 5.41) is 26.2. The number of carbonyl (C=O) groups is 12. The van der Waals surface area contributed by atoms with Crippen molar-refractivity contribution in [3.05, 3.63) is 0 Å². The first-order valence-electron chi connectivity index (χ1n) is 20.2. The van der Waals surface area contributed by atoms with Crippen LogP contribution in [-0.2, 0) is 57.5 Å². The first-order valence-corrected chi connectivity index (χ1v) is 20.2. The molecule has 0 saturated carbocycles. The number of carboxylic acids is 2. The SMILES string of the molecule is C.C.C.C.CC(C)CCNC(=O)CC(=O)C(C)C.CC(C)NCC(=O)CCC(=O)N(CC(=O)O)CC(=O)CCCC(=O)CN(CC(=O)O)C(=O)CCC(=O)CNC(=O)CC(=O)C(C)C. The van der Waals surface area contributed by atoms with E-state index in [1.807, 2.05) is 27.7 Å². The fraction of sp³-hybridized carbons (Fsp3) is 0.733. The minimum Gasteiger partial charge on any atom is -0.480 e. The maximum atomic E-state index is 12.6. The van der Waals surface area contributed by atoms with Crippen LogP contribution in [0.4, 0.5) is 0 Å². The van der Waals surface area contributed by atoms with Crippen LogP contribution in [-0.4, -0.2) is 142 Å². The molecule has 4 amide bonds. The van der Waals surface area contributed by atoms with Gasteiger partial charge in [0.25, 0.3) is 0 Å². The Hall–Kier alpha value is -5.20. The Bertz CT molecular complexity index is 1510. The molecular formula is C45H83N5O14. The molecule has 0 radical (unpaired) electrons. The third-order valence-corrected chi connectivity index (χ3v) is 8.43. The van der Waals surface area contributed by atoms with Crippen molar-refractivity contribution in [2.75, 3.05) is 45.8 Å². The second-order valence-corrected chi connectivity index (χ2v) is 15.7. The van der Waals surface area contributed by atoms with E-state index in [0.717, 1.165) is 16.2 Å². The van der Waals surface area contributed by atoms with Gasteiger partial charge >= 0.3 is 11.9 Å². The van der Waals surface area contributed by atoms with Crippen LogP contribution in [0, 0.1) is 17.8 Å². The first-order chi connectivity index (χ1) is 27.8. The van der Waals surface area contributed by atoms with Crippen LogP contribution in [0.5, 0.6) is 0 Å². The molecule has 5 N–H and O–H groups in total. The Kier molecular flexibility index (Phi) is 43.4. The van der Waals surface area contributed by atoms with Gasteiger partial charge in [-0.15, -0.1) is 0 Å². The maximum absolute atomic E-state index is 12.6. The number of Topliss-reactive ketones (excluding diaryl/α,β-unsaturated/α-hetero) is 6. The Morgan fingerprint density at radius 1 is 0.469 bits per heavy atom. The zero-order chi connectivity index (χ0) is 46.5. The van der Waals surface area contributed by atoms with Gasteiger partial charge in [-0.2, -0.15) is 0 Å². The van der Waals surface area contributed by atoms with Crippen LogP contribution in [0.3, 0.4) is 0 Å². The summed E-state index contributed by atoms with van der Waals surface area (Å²) in [6, 6.07) is 0.0607. The van der Waals surface area contributed by atoms with Crippen LogP contribution in [0.1, 0.15) is 149 Å². The molecule has 0 aliphatic heterocycles. The van der Waals surface area contributed by atoms with Gasteiger partial charge in [-0.1, -0.05) is 85.1 Å². The molecular weight excluding hydrogens is 835 g/mol. The zero-order valence-corrected chi connectivity index (χ0v) is 36.5. The average molecular weight is 918 g/mol. The molecule has 64 heavy (non-hydrogen) atoms. The van der Waals surface area contributed by atoms with Crippen LogP contribution < -0.4 is 16.0 Å². The number of carbonyl (C=O) groups excluding carboxylic acids is 10. The smallest absolute Gasteiger partial charge is 0.323 e. The monoisotopic (exact) mass is 918 g/mol. The highest BCUT2D eigenvalue weighted by atomic mass is 16.4. The number of nitrogens with one attached hydrogen (secondary N) is 3. The van der Waals surface area contributed by atoms with Crippen molar-refractivity contribution in [1.29, 1.82) is 0 Å². The van der Waals surface area contributed by atoms with Gasteiger partial charge in [0.2, 0.25) is 23.6 Å². The Morgan fingerprint density at radius 3 is 1.19 bits per heavy atom. The van der Waals surface area contributed by atoms with E-state index in [-0.39, 0.29) is 129 Å². The molecule has 0 aliphatic carbocycles. The minimum atomic E-state index is -1.40. The number of nitrogens with zero attached hydrogens (tertiary/aromatic N) is 2. The van der Waals surface area contributed by atoms with Crippen molar-refractivity contribution in [2.24, 2.45) is 17.8 Å².